The maximum atomic E-state index is 11.2. The SMILES string of the molecule is C=C(C)CCC(N)CC1CCS(=O)(=O)C1. The molecule has 0 saturated carbocycles. The molecule has 1 fully saturated rings. The summed E-state index contributed by atoms with van der Waals surface area (Å²) in [5.41, 5.74) is 7.10. The van der Waals surface area contributed by atoms with Crippen LogP contribution in [0.15, 0.2) is 12.2 Å². The standard InChI is InChI=1S/C11H21NO2S/c1-9(2)3-4-11(12)7-10-5-6-15(13,14)8-10/h10-11H,1,3-8,12H2,2H3. The van der Waals surface area contributed by atoms with Gasteiger partial charge in [-0.05, 0) is 38.5 Å². The fourth-order valence-electron chi connectivity index (χ4n) is 2.04. The zero-order valence-electron chi connectivity index (χ0n) is 9.41. The van der Waals surface area contributed by atoms with Crippen molar-refractivity contribution < 1.29 is 8.42 Å². The van der Waals surface area contributed by atoms with Crippen LogP contribution in [0.5, 0.6) is 0 Å². The molecule has 1 aliphatic rings. The van der Waals surface area contributed by atoms with Crippen molar-refractivity contribution >= 4 is 9.84 Å². The zero-order valence-corrected chi connectivity index (χ0v) is 10.2. The van der Waals surface area contributed by atoms with Crippen LogP contribution in [-0.2, 0) is 9.84 Å². The monoisotopic (exact) mass is 231 g/mol. The van der Waals surface area contributed by atoms with Crippen LogP contribution in [-0.4, -0.2) is 26.0 Å². The molecule has 0 aliphatic carbocycles. The van der Waals surface area contributed by atoms with Gasteiger partial charge in [0.1, 0.15) is 0 Å². The van der Waals surface area contributed by atoms with Gasteiger partial charge in [0.05, 0.1) is 11.5 Å². The minimum absolute atomic E-state index is 0.125. The van der Waals surface area contributed by atoms with Gasteiger partial charge in [0, 0.05) is 6.04 Å². The highest BCUT2D eigenvalue weighted by Gasteiger charge is 2.28. The van der Waals surface area contributed by atoms with Gasteiger partial charge in [0.15, 0.2) is 9.84 Å². The average Bonchev–Trinajstić information content (AvgIpc) is 2.42. The van der Waals surface area contributed by atoms with E-state index in [-0.39, 0.29) is 12.0 Å². The van der Waals surface area contributed by atoms with E-state index in [0.717, 1.165) is 31.3 Å². The normalized spacial score (nSPS) is 26.4. The molecule has 2 N–H and O–H groups in total. The van der Waals surface area contributed by atoms with E-state index >= 15 is 0 Å². The van der Waals surface area contributed by atoms with Crippen molar-refractivity contribution in [3.8, 4) is 0 Å². The minimum Gasteiger partial charge on any atom is -0.328 e. The summed E-state index contributed by atoms with van der Waals surface area (Å²) in [7, 11) is -2.75. The molecule has 1 aliphatic heterocycles. The topological polar surface area (TPSA) is 60.2 Å². The molecule has 0 radical (unpaired) electrons. The summed E-state index contributed by atoms with van der Waals surface area (Å²) < 4.78 is 22.5. The Balaban J connectivity index is 2.27. The fraction of sp³-hybridized carbons (Fsp3) is 0.818. The van der Waals surface area contributed by atoms with Gasteiger partial charge >= 0.3 is 0 Å². The molecule has 0 amide bonds. The molecule has 2 atom stereocenters. The third-order valence-electron chi connectivity index (χ3n) is 2.90. The van der Waals surface area contributed by atoms with Crippen LogP contribution in [0.1, 0.15) is 32.6 Å². The highest BCUT2D eigenvalue weighted by atomic mass is 32.2. The highest BCUT2D eigenvalue weighted by molar-refractivity contribution is 7.91. The Hall–Kier alpha value is -0.350. The van der Waals surface area contributed by atoms with E-state index in [0.29, 0.717) is 11.5 Å². The molecule has 0 bridgehead atoms. The smallest absolute Gasteiger partial charge is 0.150 e. The first-order valence-corrected chi connectivity index (χ1v) is 7.31. The molecule has 0 spiro atoms. The number of hydrogen-bond acceptors (Lipinski definition) is 3. The maximum Gasteiger partial charge on any atom is 0.150 e. The van der Waals surface area contributed by atoms with Gasteiger partial charge in [-0.1, -0.05) is 5.57 Å². The summed E-state index contributed by atoms with van der Waals surface area (Å²) in [4.78, 5) is 0. The predicted molar refractivity (Wildman–Crippen MR) is 63.4 cm³/mol. The molecule has 15 heavy (non-hydrogen) atoms. The summed E-state index contributed by atoms with van der Waals surface area (Å²) in [5.74, 6) is 0.980. The van der Waals surface area contributed by atoms with E-state index < -0.39 is 9.84 Å². The second-order valence-corrected chi connectivity index (χ2v) is 6.99. The van der Waals surface area contributed by atoms with Gasteiger partial charge < -0.3 is 5.73 Å². The quantitative estimate of drug-likeness (QED) is 0.729. The Morgan fingerprint density at radius 3 is 2.73 bits per heavy atom. The Bertz CT molecular complexity index is 321. The van der Waals surface area contributed by atoms with Crippen molar-refractivity contribution in [3.63, 3.8) is 0 Å². The molecule has 88 valence electrons. The summed E-state index contributed by atoms with van der Waals surface area (Å²) in [6.07, 6.45) is 3.50. The first-order valence-electron chi connectivity index (χ1n) is 5.49. The van der Waals surface area contributed by atoms with Crippen LogP contribution >= 0.6 is 0 Å². The van der Waals surface area contributed by atoms with Gasteiger partial charge in [-0.3, -0.25) is 0 Å². The summed E-state index contributed by atoms with van der Waals surface area (Å²) in [6, 6.07) is 0.125. The number of rotatable bonds is 5. The third kappa shape index (κ3) is 4.80. The molecular weight excluding hydrogens is 210 g/mol. The van der Waals surface area contributed by atoms with Crippen molar-refractivity contribution in [1.29, 1.82) is 0 Å². The van der Waals surface area contributed by atoms with E-state index in [1.165, 1.54) is 0 Å². The van der Waals surface area contributed by atoms with Crippen molar-refractivity contribution in [2.75, 3.05) is 11.5 Å². The van der Waals surface area contributed by atoms with Gasteiger partial charge in [0.2, 0.25) is 0 Å². The second-order valence-electron chi connectivity index (χ2n) is 4.76. The first kappa shape index (κ1) is 12.7. The lowest BCUT2D eigenvalue weighted by molar-refractivity contribution is 0.452. The molecule has 3 nitrogen and oxygen atoms in total. The minimum atomic E-state index is -2.75. The molecule has 0 aromatic carbocycles. The molecule has 2 unspecified atom stereocenters. The van der Waals surface area contributed by atoms with Crippen LogP contribution in [0.2, 0.25) is 0 Å². The van der Waals surface area contributed by atoms with E-state index in [4.69, 9.17) is 5.73 Å². The lowest BCUT2D eigenvalue weighted by atomic mass is 9.96. The lowest BCUT2D eigenvalue weighted by Crippen LogP contribution is -2.24. The summed E-state index contributed by atoms with van der Waals surface area (Å²) in [5, 5.41) is 0. The number of allylic oxidation sites excluding steroid dienone is 1. The summed E-state index contributed by atoms with van der Waals surface area (Å²) >= 11 is 0. The molecule has 1 rings (SSSR count). The highest BCUT2D eigenvalue weighted by Crippen LogP contribution is 2.23. The van der Waals surface area contributed by atoms with Gasteiger partial charge in [-0.25, -0.2) is 8.42 Å². The average molecular weight is 231 g/mol. The molecule has 0 aromatic rings. The zero-order chi connectivity index (χ0) is 11.5. The lowest BCUT2D eigenvalue weighted by Gasteiger charge is -2.15. The van der Waals surface area contributed by atoms with Crippen LogP contribution in [0.4, 0.5) is 0 Å². The molecule has 0 aromatic heterocycles. The molecule has 4 heteroatoms. The Kier molecular flexibility index (Phi) is 4.34. The number of sulfone groups is 1. The van der Waals surface area contributed by atoms with E-state index in [1.54, 1.807) is 0 Å². The Morgan fingerprint density at radius 1 is 1.60 bits per heavy atom. The van der Waals surface area contributed by atoms with Crippen molar-refractivity contribution in [1.82, 2.24) is 0 Å². The van der Waals surface area contributed by atoms with E-state index in [9.17, 15) is 8.42 Å². The Morgan fingerprint density at radius 2 is 2.27 bits per heavy atom. The summed E-state index contributed by atoms with van der Waals surface area (Å²) in [6.45, 7) is 5.82. The van der Waals surface area contributed by atoms with Crippen LogP contribution < -0.4 is 5.73 Å². The second kappa shape index (κ2) is 5.12. The van der Waals surface area contributed by atoms with Crippen molar-refractivity contribution in [2.24, 2.45) is 11.7 Å². The van der Waals surface area contributed by atoms with Crippen molar-refractivity contribution in [3.05, 3.63) is 12.2 Å². The van der Waals surface area contributed by atoms with Gasteiger partial charge in [0.25, 0.3) is 0 Å². The van der Waals surface area contributed by atoms with Crippen LogP contribution in [0.3, 0.4) is 0 Å². The third-order valence-corrected chi connectivity index (χ3v) is 4.74. The van der Waals surface area contributed by atoms with E-state index in [2.05, 4.69) is 6.58 Å². The predicted octanol–water partition coefficient (Wildman–Crippen LogP) is 1.49. The maximum absolute atomic E-state index is 11.2. The first-order chi connectivity index (χ1) is 6.89. The van der Waals surface area contributed by atoms with Crippen LogP contribution in [0.25, 0.3) is 0 Å². The van der Waals surface area contributed by atoms with Crippen LogP contribution in [0, 0.1) is 5.92 Å². The van der Waals surface area contributed by atoms with Gasteiger partial charge in [-0.15, -0.1) is 6.58 Å². The Labute approximate surface area is 92.7 Å². The fourth-order valence-corrected chi connectivity index (χ4v) is 3.92. The molecule has 1 saturated heterocycles. The number of nitrogens with two attached hydrogens (primary N) is 1. The molecule has 1 heterocycles. The van der Waals surface area contributed by atoms with Gasteiger partial charge in [-0.2, -0.15) is 0 Å². The largest absolute Gasteiger partial charge is 0.328 e. The number of hydrogen-bond donors (Lipinski definition) is 1. The molecular formula is C11H21NO2S. The van der Waals surface area contributed by atoms with Crippen molar-refractivity contribution in [2.45, 2.75) is 38.6 Å². The van der Waals surface area contributed by atoms with E-state index in [1.807, 2.05) is 6.92 Å².